The second-order valence-corrected chi connectivity index (χ2v) is 14.0. The molecular formula is C34H34BrClN4O7S. The van der Waals surface area contributed by atoms with E-state index in [4.69, 9.17) is 16.3 Å². The van der Waals surface area contributed by atoms with Crippen LogP contribution in [0.3, 0.4) is 0 Å². The van der Waals surface area contributed by atoms with Gasteiger partial charge in [-0.1, -0.05) is 76.1 Å². The normalized spacial score (nSPS) is 11.8. The molecule has 252 valence electrons. The summed E-state index contributed by atoms with van der Waals surface area (Å²) in [4.78, 5) is 40.2. The number of sulfonamides is 1. The lowest BCUT2D eigenvalue weighted by atomic mass is 10.0. The van der Waals surface area contributed by atoms with E-state index in [1.54, 1.807) is 25.1 Å². The number of carbonyl (C=O) groups is 2. The molecule has 11 nitrogen and oxygen atoms in total. The zero-order valence-electron chi connectivity index (χ0n) is 26.4. The third kappa shape index (κ3) is 8.71. The number of nitro groups is 1. The third-order valence-electron chi connectivity index (χ3n) is 7.52. The molecule has 0 aromatic heterocycles. The highest BCUT2D eigenvalue weighted by molar-refractivity contribution is 9.10. The Balaban J connectivity index is 1.89. The van der Waals surface area contributed by atoms with Gasteiger partial charge >= 0.3 is 0 Å². The molecule has 0 fully saturated rings. The summed E-state index contributed by atoms with van der Waals surface area (Å²) in [6.07, 6.45) is 0.143. The molecule has 48 heavy (non-hydrogen) atoms. The molecule has 4 rings (SSSR count). The van der Waals surface area contributed by atoms with Crippen LogP contribution in [-0.2, 0) is 32.6 Å². The number of nitrogens with zero attached hydrogens (tertiary/aromatic N) is 3. The second kappa shape index (κ2) is 16.1. The topological polar surface area (TPSA) is 139 Å². The van der Waals surface area contributed by atoms with Crippen LogP contribution >= 0.6 is 27.5 Å². The smallest absolute Gasteiger partial charge is 0.273 e. The molecule has 4 aromatic rings. The van der Waals surface area contributed by atoms with E-state index in [9.17, 15) is 28.1 Å². The molecule has 0 aliphatic rings. The number of carbonyl (C=O) groups excluding carboxylic acids is 2. The van der Waals surface area contributed by atoms with Crippen molar-refractivity contribution in [2.45, 2.75) is 37.8 Å². The Morgan fingerprint density at radius 1 is 1.00 bits per heavy atom. The lowest BCUT2D eigenvalue weighted by Gasteiger charge is -2.34. The Morgan fingerprint density at radius 3 is 2.35 bits per heavy atom. The fourth-order valence-corrected chi connectivity index (χ4v) is 7.17. The van der Waals surface area contributed by atoms with Crippen molar-refractivity contribution in [3.05, 3.63) is 127 Å². The van der Waals surface area contributed by atoms with Gasteiger partial charge in [-0.3, -0.25) is 24.0 Å². The summed E-state index contributed by atoms with van der Waals surface area (Å²) in [5.74, 6) is -1.05. The molecule has 14 heteroatoms. The summed E-state index contributed by atoms with van der Waals surface area (Å²) >= 11 is 9.78. The molecule has 0 bridgehead atoms. The van der Waals surface area contributed by atoms with E-state index < -0.39 is 49.9 Å². The minimum atomic E-state index is -4.66. The van der Waals surface area contributed by atoms with Gasteiger partial charge in [-0.15, -0.1) is 0 Å². The van der Waals surface area contributed by atoms with E-state index in [1.807, 2.05) is 36.4 Å². The van der Waals surface area contributed by atoms with Gasteiger partial charge in [0.2, 0.25) is 11.8 Å². The highest BCUT2D eigenvalue weighted by atomic mass is 79.9. The van der Waals surface area contributed by atoms with E-state index in [0.29, 0.717) is 12.1 Å². The van der Waals surface area contributed by atoms with Gasteiger partial charge in [-0.2, -0.15) is 0 Å². The fourth-order valence-electron chi connectivity index (χ4n) is 5.12. The average Bonchev–Trinajstić information content (AvgIpc) is 3.05. The van der Waals surface area contributed by atoms with Crippen LogP contribution in [0, 0.1) is 17.0 Å². The second-order valence-electron chi connectivity index (χ2n) is 10.8. The monoisotopic (exact) mass is 756 g/mol. The number of hydrogen-bond acceptors (Lipinski definition) is 7. The van der Waals surface area contributed by atoms with Crippen LogP contribution in [0.4, 0.5) is 11.4 Å². The van der Waals surface area contributed by atoms with Crippen molar-refractivity contribution in [3.8, 4) is 5.75 Å². The van der Waals surface area contributed by atoms with E-state index in [-0.39, 0.29) is 35.0 Å². The third-order valence-corrected chi connectivity index (χ3v) is 10.0. The van der Waals surface area contributed by atoms with Crippen molar-refractivity contribution >= 4 is 60.7 Å². The first-order valence-electron chi connectivity index (χ1n) is 14.8. The van der Waals surface area contributed by atoms with Crippen molar-refractivity contribution in [3.63, 3.8) is 0 Å². The molecule has 4 aromatic carbocycles. The van der Waals surface area contributed by atoms with Gasteiger partial charge in [0.15, 0.2) is 0 Å². The number of anilines is 1. The lowest BCUT2D eigenvalue weighted by Crippen LogP contribution is -2.53. The first-order valence-corrected chi connectivity index (χ1v) is 17.4. The molecule has 0 radical (unpaired) electrons. The standard InChI is InChI=1S/C34H34BrClN4O7S/c1-4-37-34(42)31(18-24-9-6-5-7-10-24)38(21-25-11-8-12-26(35)17-25)33(41)22-39(30-19-27(36)14-16-32(30)47-3)48(45,46)28-15-13-23(2)29(20-28)40(43)44/h5-17,19-20,31H,4,18,21-22H2,1-3H3,(H,37,42). The quantitative estimate of drug-likeness (QED) is 0.118. The van der Waals surface area contributed by atoms with Crippen LogP contribution in [0.25, 0.3) is 0 Å². The van der Waals surface area contributed by atoms with Gasteiger partial charge < -0.3 is 15.0 Å². The van der Waals surface area contributed by atoms with Crippen LogP contribution in [0.1, 0.15) is 23.6 Å². The number of ether oxygens (including phenoxy) is 1. The SMILES string of the molecule is CCNC(=O)C(Cc1ccccc1)N(Cc1cccc(Br)c1)C(=O)CN(c1cc(Cl)ccc1OC)S(=O)(=O)c1ccc(C)c([N+](=O)[O-])c1. The number of nitro benzene ring substituents is 1. The van der Waals surface area contributed by atoms with Gasteiger partial charge in [0.05, 0.1) is 22.6 Å². The Labute approximate surface area is 292 Å². The largest absolute Gasteiger partial charge is 0.495 e. The maximum atomic E-state index is 14.6. The first kappa shape index (κ1) is 36.4. The van der Waals surface area contributed by atoms with Gasteiger partial charge in [0.1, 0.15) is 18.3 Å². The molecule has 1 unspecified atom stereocenters. The number of nitrogens with one attached hydrogen (secondary N) is 1. The van der Waals surface area contributed by atoms with Crippen molar-refractivity contribution in [2.75, 3.05) is 24.5 Å². The van der Waals surface area contributed by atoms with Crippen LogP contribution in [0.15, 0.2) is 100 Å². The van der Waals surface area contributed by atoms with Crippen LogP contribution in [0.5, 0.6) is 5.75 Å². The van der Waals surface area contributed by atoms with Crippen molar-refractivity contribution in [2.24, 2.45) is 0 Å². The zero-order chi connectivity index (χ0) is 35.0. The molecule has 0 spiro atoms. The molecule has 0 saturated carbocycles. The summed E-state index contributed by atoms with van der Waals surface area (Å²) in [5.41, 5.74) is 1.25. The molecule has 1 atom stereocenters. The summed E-state index contributed by atoms with van der Waals surface area (Å²) in [5, 5.41) is 14.7. The van der Waals surface area contributed by atoms with E-state index in [1.165, 1.54) is 49.3 Å². The van der Waals surface area contributed by atoms with Crippen molar-refractivity contribution in [1.29, 1.82) is 0 Å². The summed E-state index contributed by atoms with van der Waals surface area (Å²) < 4.78 is 35.8. The molecule has 0 heterocycles. The number of amides is 2. The van der Waals surface area contributed by atoms with E-state index >= 15 is 0 Å². The van der Waals surface area contributed by atoms with Crippen molar-refractivity contribution < 1.29 is 27.7 Å². The Morgan fingerprint density at radius 2 is 1.71 bits per heavy atom. The maximum absolute atomic E-state index is 14.6. The predicted molar refractivity (Wildman–Crippen MR) is 188 cm³/mol. The van der Waals surface area contributed by atoms with Crippen LogP contribution < -0.4 is 14.4 Å². The maximum Gasteiger partial charge on any atom is 0.273 e. The first-order chi connectivity index (χ1) is 22.8. The lowest BCUT2D eigenvalue weighted by molar-refractivity contribution is -0.385. The van der Waals surface area contributed by atoms with Crippen LogP contribution in [-0.4, -0.2) is 56.3 Å². The Hall–Kier alpha value is -4.46. The number of likely N-dealkylation sites (N-methyl/N-ethyl adjacent to an activating group) is 1. The van der Waals surface area contributed by atoms with E-state index in [0.717, 1.165) is 20.4 Å². The summed E-state index contributed by atoms with van der Waals surface area (Å²) in [6, 6.07) is 23.1. The molecular weight excluding hydrogens is 724 g/mol. The van der Waals surface area contributed by atoms with Gasteiger partial charge in [-0.25, -0.2) is 8.42 Å². The minimum Gasteiger partial charge on any atom is -0.495 e. The molecule has 0 aliphatic carbocycles. The van der Waals surface area contributed by atoms with Crippen LogP contribution in [0.2, 0.25) is 5.02 Å². The highest BCUT2D eigenvalue weighted by Gasteiger charge is 2.36. The van der Waals surface area contributed by atoms with Gasteiger partial charge in [0.25, 0.3) is 15.7 Å². The Kier molecular flexibility index (Phi) is 12.2. The number of aryl methyl sites for hydroxylation is 1. The number of rotatable bonds is 14. The number of methoxy groups -OCH3 is 1. The van der Waals surface area contributed by atoms with Gasteiger partial charge in [-0.05, 0) is 61.4 Å². The minimum absolute atomic E-state index is 0.0382. The van der Waals surface area contributed by atoms with E-state index in [2.05, 4.69) is 21.2 Å². The average molecular weight is 758 g/mol. The van der Waals surface area contributed by atoms with Gasteiger partial charge in [0, 0.05) is 40.6 Å². The molecule has 1 N–H and O–H groups in total. The molecule has 0 aliphatic heterocycles. The predicted octanol–water partition coefficient (Wildman–Crippen LogP) is 6.30. The van der Waals surface area contributed by atoms with Crippen molar-refractivity contribution in [1.82, 2.24) is 10.2 Å². The Bertz CT molecular complexity index is 1910. The fraction of sp³-hybridized carbons (Fsp3) is 0.235. The molecule has 0 saturated heterocycles. The summed E-state index contributed by atoms with van der Waals surface area (Å²) in [6.45, 7) is 2.72. The zero-order valence-corrected chi connectivity index (χ0v) is 29.6. The molecule has 2 amide bonds. The summed E-state index contributed by atoms with van der Waals surface area (Å²) in [7, 11) is -3.33. The number of halogens is 2. The number of hydrogen-bond donors (Lipinski definition) is 1. The number of benzene rings is 4. The highest BCUT2D eigenvalue weighted by Crippen LogP contribution is 2.36.